The van der Waals surface area contributed by atoms with Crippen molar-refractivity contribution in [3.8, 4) is 0 Å². The Morgan fingerprint density at radius 1 is 0.944 bits per heavy atom. The molecule has 0 bridgehead atoms. The lowest BCUT2D eigenvalue weighted by molar-refractivity contribution is -0.134. The van der Waals surface area contributed by atoms with Gasteiger partial charge in [-0.05, 0) is 43.0 Å². The first-order valence-electron chi connectivity index (χ1n) is 13.7. The molecule has 1 saturated carbocycles. The van der Waals surface area contributed by atoms with Crippen molar-refractivity contribution in [1.29, 1.82) is 0 Å². The van der Waals surface area contributed by atoms with Crippen molar-refractivity contribution in [2.24, 2.45) is 5.73 Å². The number of fused-ring (bicyclic) bond motifs is 2. The number of benzene rings is 1. The Bertz CT molecular complexity index is 1100. The van der Waals surface area contributed by atoms with Crippen molar-refractivity contribution in [3.05, 3.63) is 53.2 Å². The number of hydrogen-bond acceptors (Lipinski definition) is 5. The number of carbonyl (C=O) groups excluding carboxylic acids is 2. The predicted octanol–water partition coefficient (Wildman–Crippen LogP) is 4.39. The molecule has 1 aromatic carbocycles. The summed E-state index contributed by atoms with van der Waals surface area (Å²) in [6, 6.07) is 9.79. The van der Waals surface area contributed by atoms with Gasteiger partial charge in [-0.15, -0.1) is 0 Å². The largest absolute Gasteiger partial charge is 0.373 e. The molecule has 2 aromatic rings. The Labute approximate surface area is 214 Å². The third kappa shape index (κ3) is 4.56. The molecule has 1 unspecified atom stereocenters. The van der Waals surface area contributed by atoms with E-state index in [4.69, 9.17) is 5.73 Å². The molecule has 1 spiro atoms. The number of rotatable bonds is 3. The fraction of sp³-hybridized carbons (Fsp3) is 0.552. The highest BCUT2D eigenvalue weighted by atomic mass is 16.2. The lowest BCUT2D eigenvalue weighted by atomic mass is 9.68. The molecule has 7 heteroatoms. The van der Waals surface area contributed by atoms with E-state index in [0.717, 1.165) is 12.8 Å². The summed E-state index contributed by atoms with van der Waals surface area (Å²) in [5, 5.41) is 3.73. The third-order valence-corrected chi connectivity index (χ3v) is 8.59. The van der Waals surface area contributed by atoms with Crippen LogP contribution in [0.25, 0.3) is 0 Å². The van der Waals surface area contributed by atoms with Gasteiger partial charge in [0.25, 0.3) is 5.91 Å². The van der Waals surface area contributed by atoms with Crippen molar-refractivity contribution in [2.45, 2.75) is 76.2 Å². The van der Waals surface area contributed by atoms with Gasteiger partial charge in [-0.1, -0.05) is 63.1 Å². The molecule has 1 saturated heterocycles. The average molecular weight is 490 g/mol. The van der Waals surface area contributed by atoms with Crippen molar-refractivity contribution < 1.29 is 9.59 Å². The van der Waals surface area contributed by atoms with E-state index in [1.165, 1.54) is 61.8 Å². The Morgan fingerprint density at radius 2 is 1.61 bits per heavy atom. The number of carbonyl (C=O) groups is 2. The summed E-state index contributed by atoms with van der Waals surface area (Å²) in [7, 11) is 0. The summed E-state index contributed by atoms with van der Waals surface area (Å²) in [4.78, 5) is 34.6. The minimum Gasteiger partial charge on any atom is -0.373 e. The number of nitrogens with two attached hydrogens (primary N) is 1. The van der Waals surface area contributed by atoms with Gasteiger partial charge in [0, 0.05) is 43.5 Å². The fourth-order valence-corrected chi connectivity index (χ4v) is 6.62. The van der Waals surface area contributed by atoms with E-state index >= 15 is 0 Å². The molecule has 192 valence electrons. The Morgan fingerprint density at radius 3 is 2.28 bits per heavy atom. The number of pyridine rings is 1. The second kappa shape index (κ2) is 10.5. The molecular weight excluding hydrogens is 450 g/mol. The number of amides is 2. The van der Waals surface area contributed by atoms with Crippen LogP contribution < -0.4 is 16.0 Å². The lowest BCUT2D eigenvalue weighted by Crippen LogP contribution is -2.56. The van der Waals surface area contributed by atoms with Crippen molar-refractivity contribution in [3.63, 3.8) is 0 Å². The summed E-state index contributed by atoms with van der Waals surface area (Å²) < 4.78 is 0. The Hall–Kier alpha value is -3.09. The highest BCUT2D eigenvalue weighted by Gasteiger charge is 2.51. The monoisotopic (exact) mass is 489 g/mol. The smallest absolute Gasteiger partial charge is 0.252 e. The molecule has 7 nitrogen and oxygen atoms in total. The van der Waals surface area contributed by atoms with E-state index in [-0.39, 0.29) is 17.4 Å². The molecule has 1 aromatic heterocycles. The number of aromatic nitrogens is 1. The van der Waals surface area contributed by atoms with Crippen molar-refractivity contribution >= 4 is 23.3 Å². The highest BCUT2D eigenvalue weighted by Crippen LogP contribution is 2.50. The molecule has 2 amide bonds. The molecule has 2 fully saturated rings. The predicted molar refractivity (Wildman–Crippen MR) is 143 cm³/mol. The summed E-state index contributed by atoms with van der Waals surface area (Å²) >= 11 is 0. The van der Waals surface area contributed by atoms with Gasteiger partial charge in [0.05, 0.1) is 5.56 Å². The van der Waals surface area contributed by atoms with Gasteiger partial charge in [-0.25, -0.2) is 4.98 Å². The first-order valence-corrected chi connectivity index (χ1v) is 13.7. The molecule has 5 rings (SSSR count). The minimum absolute atomic E-state index is 0.146. The summed E-state index contributed by atoms with van der Waals surface area (Å²) in [5.74, 6) is 0.346. The summed E-state index contributed by atoms with van der Waals surface area (Å²) in [6.07, 6.45) is 12.6. The maximum Gasteiger partial charge on any atom is 0.252 e. The van der Waals surface area contributed by atoms with Gasteiger partial charge in [-0.3, -0.25) is 9.59 Å². The van der Waals surface area contributed by atoms with E-state index in [1.54, 1.807) is 18.3 Å². The van der Waals surface area contributed by atoms with Gasteiger partial charge in [0.1, 0.15) is 11.9 Å². The van der Waals surface area contributed by atoms with Crippen LogP contribution in [0.1, 0.15) is 79.3 Å². The second-order valence-corrected chi connectivity index (χ2v) is 10.8. The van der Waals surface area contributed by atoms with Crippen LogP contribution in [-0.4, -0.2) is 53.9 Å². The van der Waals surface area contributed by atoms with E-state index in [9.17, 15) is 9.59 Å². The van der Waals surface area contributed by atoms with Crippen LogP contribution in [0.15, 0.2) is 36.5 Å². The molecule has 3 aliphatic rings. The van der Waals surface area contributed by atoms with Gasteiger partial charge in [0.2, 0.25) is 5.91 Å². The summed E-state index contributed by atoms with van der Waals surface area (Å²) in [6.45, 7) is 4.63. The summed E-state index contributed by atoms with van der Waals surface area (Å²) in [5.41, 5.74) is 9.60. The van der Waals surface area contributed by atoms with Crippen LogP contribution in [0.3, 0.4) is 0 Å². The maximum absolute atomic E-state index is 14.2. The number of primary amides is 1. The first-order chi connectivity index (χ1) is 17.5. The molecule has 0 radical (unpaired) electrons. The SMILES string of the molecule is Cc1cccc2c1NC(C(=O)N1CCN(c3ncccc3C(N)=O)CC1)C21CCCCCCCCC1. The number of piperazine rings is 1. The van der Waals surface area contributed by atoms with Crippen molar-refractivity contribution in [2.75, 3.05) is 36.4 Å². The van der Waals surface area contributed by atoms with E-state index in [2.05, 4.69) is 40.3 Å². The number of para-hydroxylation sites is 1. The highest BCUT2D eigenvalue weighted by molar-refractivity contribution is 5.97. The average Bonchev–Trinajstić information content (AvgIpc) is 3.23. The molecule has 1 aliphatic carbocycles. The number of aryl methyl sites for hydroxylation is 1. The third-order valence-electron chi connectivity index (χ3n) is 8.59. The molecule has 36 heavy (non-hydrogen) atoms. The first kappa shape index (κ1) is 24.6. The van der Waals surface area contributed by atoms with Crippen LogP contribution in [0.4, 0.5) is 11.5 Å². The zero-order valence-corrected chi connectivity index (χ0v) is 21.5. The molecule has 3 N–H and O–H groups in total. The maximum atomic E-state index is 14.2. The van der Waals surface area contributed by atoms with Gasteiger partial charge >= 0.3 is 0 Å². The zero-order valence-electron chi connectivity index (χ0n) is 21.5. The van der Waals surface area contributed by atoms with Crippen LogP contribution in [0, 0.1) is 6.92 Å². The molecule has 2 aliphatic heterocycles. The number of anilines is 2. The molecule has 3 heterocycles. The normalized spacial score (nSPS) is 22.1. The van der Waals surface area contributed by atoms with E-state index in [1.807, 2.05) is 4.90 Å². The van der Waals surface area contributed by atoms with Crippen LogP contribution in [0.5, 0.6) is 0 Å². The Balaban J connectivity index is 1.38. The molecule has 1 atom stereocenters. The topological polar surface area (TPSA) is 91.6 Å². The van der Waals surface area contributed by atoms with Crippen LogP contribution in [-0.2, 0) is 10.2 Å². The lowest BCUT2D eigenvalue weighted by Gasteiger charge is -2.41. The fourth-order valence-electron chi connectivity index (χ4n) is 6.62. The number of hydrogen-bond donors (Lipinski definition) is 2. The van der Waals surface area contributed by atoms with Gasteiger partial charge in [0.15, 0.2) is 0 Å². The Kier molecular flexibility index (Phi) is 7.17. The van der Waals surface area contributed by atoms with Gasteiger partial charge < -0.3 is 20.9 Å². The molecular formula is C29H39N5O2. The zero-order chi connectivity index (χ0) is 25.1. The minimum atomic E-state index is -0.474. The number of nitrogens with zero attached hydrogens (tertiary/aromatic N) is 3. The number of nitrogens with one attached hydrogen (secondary N) is 1. The van der Waals surface area contributed by atoms with E-state index in [0.29, 0.717) is 37.6 Å². The second-order valence-electron chi connectivity index (χ2n) is 10.8. The van der Waals surface area contributed by atoms with E-state index < -0.39 is 5.91 Å². The van der Waals surface area contributed by atoms with Crippen molar-refractivity contribution in [1.82, 2.24) is 9.88 Å². The van der Waals surface area contributed by atoms with Crippen LogP contribution >= 0.6 is 0 Å². The quantitative estimate of drug-likeness (QED) is 0.667. The standard InChI is InChI=1S/C29H39N5O2/c1-21-11-9-13-23-24(21)32-25(29(23)14-7-5-3-2-4-6-8-15-29)28(36)34-19-17-33(18-20-34)27-22(26(30)35)12-10-16-31-27/h9-13,16,25,32H,2-8,14-15,17-20H2,1H3,(H2,30,35). The van der Waals surface area contributed by atoms with Gasteiger partial charge in [-0.2, -0.15) is 0 Å². The van der Waals surface area contributed by atoms with Crippen LogP contribution in [0.2, 0.25) is 0 Å².